The second kappa shape index (κ2) is 6.99. The zero-order valence-electron chi connectivity index (χ0n) is 10.6. The molecule has 2 nitrogen and oxygen atoms in total. The summed E-state index contributed by atoms with van der Waals surface area (Å²) in [4.78, 5) is 3.59. The van der Waals surface area contributed by atoms with Gasteiger partial charge >= 0.3 is 0 Å². The first-order chi connectivity index (χ1) is 9.10. The molecule has 0 aliphatic carbocycles. The lowest BCUT2D eigenvalue weighted by molar-refractivity contribution is 0.245. The lowest BCUT2D eigenvalue weighted by Gasteiger charge is -2.26. The van der Waals surface area contributed by atoms with Crippen LogP contribution in [0.2, 0.25) is 0 Å². The van der Waals surface area contributed by atoms with Crippen LogP contribution in [-0.4, -0.2) is 18.5 Å². The second-order valence-corrected chi connectivity index (χ2v) is 7.85. The van der Waals surface area contributed by atoms with Gasteiger partial charge in [0, 0.05) is 22.4 Å². The zero-order valence-corrected chi connectivity index (χ0v) is 14.6. The van der Waals surface area contributed by atoms with Gasteiger partial charge in [0.15, 0.2) is 0 Å². The van der Waals surface area contributed by atoms with Crippen molar-refractivity contribution in [1.82, 2.24) is 4.90 Å². The molecule has 5 heteroatoms. The van der Waals surface area contributed by atoms with Crippen LogP contribution in [0.15, 0.2) is 44.7 Å². The van der Waals surface area contributed by atoms with Crippen molar-refractivity contribution in [3.05, 3.63) is 55.1 Å². The highest BCUT2D eigenvalue weighted by molar-refractivity contribution is 9.11. The van der Waals surface area contributed by atoms with E-state index in [0.717, 1.165) is 14.8 Å². The number of hydrogen-bond donors (Lipinski definition) is 1. The molecule has 0 saturated carbocycles. The highest BCUT2D eigenvalue weighted by Gasteiger charge is 2.17. The quantitative estimate of drug-likeness (QED) is 0.801. The van der Waals surface area contributed by atoms with Crippen molar-refractivity contribution >= 4 is 43.2 Å². The third kappa shape index (κ3) is 4.13. The van der Waals surface area contributed by atoms with Gasteiger partial charge in [0.05, 0.1) is 9.83 Å². The third-order valence-electron chi connectivity index (χ3n) is 3.02. The average Bonchev–Trinajstić information content (AvgIpc) is 2.80. The summed E-state index contributed by atoms with van der Waals surface area (Å²) in [6.07, 6.45) is 0. The smallest absolute Gasteiger partial charge is 0.0702 e. The van der Waals surface area contributed by atoms with E-state index in [9.17, 15) is 0 Å². The lowest BCUT2D eigenvalue weighted by atomic mass is 10.1. The van der Waals surface area contributed by atoms with Gasteiger partial charge < -0.3 is 5.73 Å². The molecule has 0 radical (unpaired) electrons. The van der Waals surface area contributed by atoms with E-state index in [1.54, 1.807) is 11.3 Å². The molecule has 0 amide bonds. The molecule has 102 valence electrons. The van der Waals surface area contributed by atoms with Gasteiger partial charge in [-0.2, -0.15) is 0 Å². The van der Waals surface area contributed by atoms with Crippen LogP contribution in [0.5, 0.6) is 0 Å². The first-order valence-corrected chi connectivity index (χ1v) is 8.40. The Balaban J connectivity index is 2.08. The molecule has 0 spiro atoms. The predicted octanol–water partition coefficient (Wildman–Crippen LogP) is 4.40. The number of rotatable bonds is 5. The molecule has 1 heterocycles. The Hall–Kier alpha value is -0.200. The molecule has 0 aliphatic heterocycles. The molecule has 1 atom stereocenters. The molecule has 1 unspecified atom stereocenters. The minimum atomic E-state index is 0.264. The number of benzene rings is 1. The largest absolute Gasteiger partial charge is 0.329 e. The number of thiophene rings is 1. The van der Waals surface area contributed by atoms with Crippen molar-refractivity contribution in [2.24, 2.45) is 5.73 Å². The first-order valence-electron chi connectivity index (χ1n) is 6.00. The average molecular weight is 404 g/mol. The maximum atomic E-state index is 5.93. The van der Waals surface area contributed by atoms with Crippen molar-refractivity contribution in [2.45, 2.75) is 12.6 Å². The van der Waals surface area contributed by atoms with Gasteiger partial charge in [-0.05, 0) is 52.8 Å². The van der Waals surface area contributed by atoms with Gasteiger partial charge in [-0.1, -0.05) is 28.1 Å². The second-order valence-electron chi connectivity index (χ2n) is 4.43. The van der Waals surface area contributed by atoms with Crippen molar-refractivity contribution in [1.29, 1.82) is 0 Å². The maximum Gasteiger partial charge on any atom is 0.0702 e. The van der Waals surface area contributed by atoms with Crippen LogP contribution < -0.4 is 5.73 Å². The van der Waals surface area contributed by atoms with Gasteiger partial charge in [-0.15, -0.1) is 11.3 Å². The van der Waals surface area contributed by atoms with Crippen LogP contribution in [0.1, 0.15) is 16.5 Å². The maximum absolute atomic E-state index is 5.93. The summed E-state index contributed by atoms with van der Waals surface area (Å²) in [6.45, 7) is 1.52. The topological polar surface area (TPSA) is 29.3 Å². The summed E-state index contributed by atoms with van der Waals surface area (Å²) in [5.74, 6) is 0. The molecule has 2 aromatic rings. The normalized spacial score (nSPS) is 12.9. The van der Waals surface area contributed by atoms with E-state index < -0.39 is 0 Å². The Kier molecular flexibility index (Phi) is 5.59. The van der Waals surface area contributed by atoms with Crippen LogP contribution in [0.4, 0.5) is 0 Å². The predicted molar refractivity (Wildman–Crippen MR) is 89.4 cm³/mol. The lowest BCUT2D eigenvalue weighted by Crippen LogP contribution is -2.29. The highest BCUT2D eigenvalue weighted by Crippen LogP contribution is 2.30. The number of nitrogens with two attached hydrogens (primary N) is 1. The molecule has 2 rings (SSSR count). The third-order valence-corrected chi connectivity index (χ3v) is 5.28. The van der Waals surface area contributed by atoms with Gasteiger partial charge in [0.2, 0.25) is 0 Å². The molecular formula is C14H16Br2N2S. The molecule has 1 aromatic heterocycles. The first kappa shape index (κ1) is 15.2. The van der Waals surface area contributed by atoms with E-state index >= 15 is 0 Å². The van der Waals surface area contributed by atoms with E-state index in [0.29, 0.717) is 6.54 Å². The van der Waals surface area contributed by atoms with E-state index in [1.165, 1.54) is 10.4 Å². The Bertz CT molecular complexity index is 524. The van der Waals surface area contributed by atoms with Gasteiger partial charge in [-0.3, -0.25) is 4.90 Å². The molecule has 2 N–H and O–H groups in total. The summed E-state index contributed by atoms with van der Waals surface area (Å²) < 4.78 is 2.26. The zero-order chi connectivity index (χ0) is 13.8. The van der Waals surface area contributed by atoms with Crippen molar-refractivity contribution < 1.29 is 0 Å². The van der Waals surface area contributed by atoms with Crippen molar-refractivity contribution in [3.63, 3.8) is 0 Å². The highest BCUT2D eigenvalue weighted by atomic mass is 79.9. The monoisotopic (exact) mass is 402 g/mol. The minimum Gasteiger partial charge on any atom is -0.329 e. The summed E-state index contributed by atoms with van der Waals surface area (Å²) >= 11 is 8.71. The summed E-state index contributed by atoms with van der Waals surface area (Å²) in [5.41, 5.74) is 7.23. The van der Waals surface area contributed by atoms with Crippen molar-refractivity contribution in [2.75, 3.05) is 13.6 Å². The molecule has 0 bridgehead atoms. The Labute approximate surface area is 134 Å². The van der Waals surface area contributed by atoms with Crippen LogP contribution in [0.25, 0.3) is 0 Å². The molecule has 0 aliphatic rings. The fraction of sp³-hybridized carbons (Fsp3) is 0.286. The molecule has 0 saturated heterocycles. The molecular weight excluding hydrogens is 388 g/mol. The van der Waals surface area contributed by atoms with E-state index in [2.05, 4.69) is 80.2 Å². The Morgan fingerprint density at radius 2 is 1.84 bits per heavy atom. The SMILES string of the molecule is CN(Cc1ccc(Br)cc1)C(CN)c1ccc(Br)s1. The fourth-order valence-corrected chi connectivity index (χ4v) is 3.88. The standard InChI is InChI=1S/C14H16Br2N2S/c1-18(9-10-2-4-11(15)5-3-10)12(8-17)13-6-7-14(16)19-13/h2-7,12H,8-9,17H2,1H3. The fourth-order valence-electron chi connectivity index (χ4n) is 2.01. The van der Waals surface area contributed by atoms with E-state index in [1.807, 2.05) is 0 Å². The number of likely N-dealkylation sites (N-methyl/N-ethyl adjacent to an activating group) is 1. The summed E-state index contributed by atoms with van der Waals surface area (Å²) in [7, 11) is 2.12. The minimum absolute atomic E-state index is 0.264. The van der Waals surface area contributed by atoms with Crippen LogP contribution >= 0.6 is 43.2 Å². The Morgan fingerprint density at radius 3 is 2.37 bits per heavy atom. The number of nitrogens with zero attached hydrogens (tertiary/aromatic N) is 1. The number of halogens is 2. The summed E-state index contributed by atoms with van der Waals surface area (Å²) in [5, 5.41) is 0. The van der Waals surface area contributed by atoms with Crippen LogP contribution in [0.3, 0.4) is 0 Å². The molecule has 0 fully saturated rings. The summed E-state index contributed by atoms with van der Waals surface area (Å²) in [6, 6.07) is 12.9. The molecule has 1 aromatic carbocycles. The van der Waals surface area contributed by atoms with Gasteiger partial charge in [0.1, 0.15) is 0 Å². The van der Waals surface area contributed by atoms with Gasteiger partial charge in [0.25, 0.3) is 0 Å². The van der Waals surface area contributed by atoms with Gasteiger partial charge in [-0.25, -0.2) is 0 Å². The van der Waals surface area contributed by atoms with E-state index in [-0.39, 0.29) is 6.04 Å². The van der Waals surface area contributed by atoms with E-state index in [4.69, 9.17) is 5.73 Å². The van der Waals surface area contributed by atoms with Crippen LogP contribution in [-0.2, 0) is 6.54 Å². The van der Waals surface area contributed by atoms with Crippen molar-refractivity contribution in [3.8, 4) is 0 Å². The van der Waals surface area contributed by atoms with Crippen LogP contribution in [0, 0.1) is 0 Å². The molecule has 19 heavy (non-hydrogen) atoms. The Morgan fingerprint density at radius 1 is 1.16 bits per heavy atom. The number of hydrogen-bond acceptors (Lipinski definition) is 3.